The zero-order valence-electron chi connectivity index (χ0n) is 13.0. The van der Waals surface area contributed by atoms with Crippen LogP contribution in [0.1, 0.15) is 21.7 Å². The van der Waals surface area contributed by atoms with Crippen LogP contribution < -0.4 is 0 Å². The first kappa shape index (κ1) is 15.5. The maximum absolute atomic E-state index is 12.7. The lowest BCUT2D eigenvalue weighted by molar-refractivity contribution is 0.0724. The number of carbonyl (C=O) groups excluding carboxylic acids is 1. The molecule has 2 amide bonds. The molecule has 0 saturated heterocycles. The molecule has 0 bridgehead atoms. The number of amides is 2. The van der Waals surface area contributed by atoms with Gasteiger partial charge < -0.3 is 20.0 Å². The Labute approximate surface area is 133 Å². The molecule has 0 radical (unpaired) electrons. The molecule has 2 atom stereocenters. The summed E-state index contributed by atoms with van der Waals surface area (Å²) >= 11 is 0. The molecule has 0 aliphatic carbocycles. The van der Waals surface area contributed by atoms with Crippen molar-refractivity contribution in [3.8, 4) is 0 Å². The van der Waals surface area contributed by atoms with Gasteiger partial charge in [-0.05, 0) is 0 Å². The van der Waals surface area contributed by atoms with E-state index in [0.717, 1.165) is 5.69 Å². The molecule has 1 aromatic heterocycles. The van der Waals surface area contributed by atoms with Crippen LogP contribution in [0.4, 0.5) is 4.79 Å². The second kappa shape index (κ2) is 5.69. The van der Waals surface area contributed by atoms with Crippen LogP contribution in [0.25, 0.3) is 0 Å². The average Bonchev–Trinajstić information content (AvgIpc) is 2.83. The smallest absolute Gasteiger partial charge is 0.407 e. The van der Waals surface area contributed by atoms with Crippen molar-refractivity contribution in [1.29, 1.82) is 0 Å². The van der Waals surface area contributed by atoms with Crippen LogP contribution in [0, 0.1) is 5.92 Å². The van der Waals surface area contributed by atoms with E-state index in [1.807, 2.05) is 0 Å². The van der Waals surface area contributed by atoms with Crippen LogP contribution in [0.2, 0.25) is 0 Å². The quantitative estimate of drug-likeness (QED) is 0.757. The number of aliphatic hydroxyl groups is 1. The largest absolute Gasteiger partial charge is 0.465 e. The summed E-state index contributed by atoms with van der Waals surface area (Å²) < 4.78 is 1.62. The normalized spacial score (nSPS) is 22.2. The van der Waals surface area contributed by atoms with E-state index in [1.54, 1.807) is 16.6 Å². The van der Waals surface area contributed by atoms with Gasteiger partial charge >= 0.3 is 6.09 Å². The summed E-state index contributed by atoms with van der Waals surface area (Å²) in [7, 11) is 1.68. The molecule has 2 N–H and O–H groups in total. The Morgan fingerprint density at radius 3 is 2.87 bits per heavy atom. The van der Waals surface area contributed by atoms with Crippen LogP contribution in [-0.4, -0.2) is 68.0 Å². The molecule has 0 spiro atoms. The number of carboxylic acid groups (broad SMARTS) is 1. The molecule has 3 heterocycles. The van der Waals surface area contributed by atoms with Crippen LogP contribution in [0.15, 0.2) is 12.7 Å². The fraction of sp³-hybridized carbons (Fsp3) is 0.533. The Hall–Kier alpha value is -2.35. The highest BCUT2D eigenvalue weighted by atomic mass is 16.4. The van der Waals surface area contributed by atoms with Gasteiger partial charge in [0.1, 0.15) is 5.69 Å². The first-order chi connectivity index (χ1) is 10.9. The summed E-state index contributed by atoms with van der Waals surface area (Å²) in [6, 6.07) is 0. The van der Waals surface area contributed by atoms with Crippen molar-refractivity contribution < 1.29 is 19.8 Å². The van der Waals surface area contributed by atoms with Gasteiger partial charge in [-0.1, -0.05) is 6.08 Å². The predicted octanol–water partition coefficient (Wildman–Crippen LogP) is 0.168. The van der Waals surface area contributed by atoms with Gasteiger partial charge in [0.2, 0.25) is 0 Å². The Morgan fingerprint density at radius 2 is 2.22 bits per heavy atom. The van der Waals surface area contributed by atoms with Gasteiger partial charge in [0.25, 0.3) is 5.91 Å². The highest BCUT2D eigenvalue weighted by Gasteiger charge is 2.35. The van der Waals surface area contributed by atoms with Crippen LogP contribution in [0.5, 0.6) is 0 Å². The van der Waals surface area contributed by atoms with Crippen molar-refractivity contribution in [1.82, 2.24) is 19.6 Å². The molecule has 0 fully saturated rings. The summed E-state index contributed by atoms with van der Waals surface area (Å²) in [6.45, 7) is 4.95. The zero-order valence-corrected chi connectivity index (χ0v) is 13.0. The van der Waals surface area contributed by atoms with Gasteiger partial charge in [-0.2, -0.15) is 5.10 Å². The number of hydrogen-bond acceptors (Lipinski definition) is 4. The van der Waals surface area contributed by atoms with Gasteiger partial charge in [-0.15, -0.1) is 6.58 Å². The lowest BCUT2D eigenvalue weighted by Gasteiger charge is -2.25. The second-order valence-corrected chi connectivity index (χ2v) is 6.08. The fourth-order valence-corrected chi connectivity index (χ4v) is 3.26. The Morgan fingerprint density at radius 1 is 1.48 bits per heavy atom. The molecule has 124 valence electrons. The topological polar surface area (TPSA) is 98.9 Å². The fourth-order valence-electron chi connectivity index (χ4n) is 3.26. The first-order valence-electron chi connectivity index (χ1n) is 7.55. The number of hydrogen-bond donors (Lipinski definition) is 2. The van der Waals surface area contributed by atoms with E-state index in [4.69, 9.17) is 0 Å². The molecule has 0 saturated carbocycles. The van der Waals surface area contributed by atoms with Crippen molar-refractivity contribution in [2.24, 2.45) is 5.92 Å². The molecule has 8 nitrogen and oxygen atoms in total. The van der Waals surface area contributed by atoms with Crippen LogP contribution in [-0.2, 0) is 19.5 Å². The van der Waals surface area contributed by atoms with E-state index in [-0.39, 0.29) is 18.4 Å². The lowest BCUT2D eigenvalue weighted by atomic mass is 10.0. The summed E-state index contributed by atoms with van der Waals surface area (Å²) in [6.07, 6.45) is 0.231. The summed E-state index contributed by atoms with van der Waals surface area (Å²) in [4.78, 5) is 26.7. The van der Waals surface area contributed by atoms with Crippen molar-refractivity contribution in [3.05, 3.63) is 29.6 Å². The zero-order chi connectivity index (χ0) is 16.7. The lowest BCUT2D eigenvalue weighted by Crippen LogP contribution is -2.37. The molecule has 1 aromatic rings. The van der Waals surface area contributed by atoms with Gasteiger partial charge in [-0.3, -0.25) is 9.48 Å². The van der Waals surface area contributed by atoms with Crippen molar-refractivity contribution in [2.45, 2.75) is 25.6 Å². The van der Waals surface area contributed by atoms with E-state index in [1.165, 1.54) is 11.0 Å². The molecular weight excluding hydrogens is 300 g/mol. The summed E-state index contributed by atoms with van der Waals surface area (Å²) in [5, 5.41) is 23.8. The van der Waals surface area contributed by atoms with Gasteiger partial charge in [0.15, 0.2) is 0 Å². The monoisotopic (exact) mass is 320 g/mol. The van der Waals surface area contributed by atoms with Gasteiger partial charge in [-0.25, -0.2) is 4.79 Å². The van der Waals surface area contributed by atoms with E-state index in [9.17, 15) is 19.8 Å². The minimum atomic E-state index is -0.995. The molecule has 8 heteroatoms. The Balaban J connectivity index is 2.01. The average molecular weight is 320 g/mol. The highest BCUT2D eigenvalue weighted by Crippen LogP contribution is 2.27. The maximum Gasteiger partial charge on any atom is 0.407 e. The van der Waals surface area contributed by atoms with E-state index in [0.29, 0.717) is 37.3 Å². The number of aliphatic hydroxyl groups excluding tert-OH is 1. The maximum atomic E-state index is 12.7. The predicted molar refractivity (Wildman–Crippen MR) is 81.0 cm³/mol. The summed E-state index contributed by atoms with van der Waals surface area (Å²) in [5.41, 5.74) is 1.89. The third-order valence-electron chi connectivity index (χ3n) is 4.56. The first-order valence-corrected chi connectivity index (χ1v) is 7.55. The molecule has 23 heavy (non-hydrogen) atoms. The van der Waals surface area contributed by atoms with Gasteiger partial charge in [0, 0.05) is 44.6 Å². The third-order valence-corrected chi connectivity index (χ3v) is 4.56. The number of fused-ring (bicyclic) bond motifs is 3. The number of nitrogens with zero attached hydrogens (tertiary/aromatic N) is 4. The standard InChI is InChI=1S/C15H20N4O4/c1-3-12(20)9-6-17(2)14(21)13-10-8-18(15(22)23)5-4-11(10)16-19(13)7-9/h3,9,12,20H,1,4-8H2,2H3,(H,22,23). The highest BCUT2D eigenvalue weighted by molar-refractivity contribution is 5.94. The van der Waals surface area contributed by atoms with Crippen LogP contribution >= 0.6 is 0 Å². The number of aromatic nitrogens is 2. The minimum absolute atomic E-state index is 0.175. The number of rotatable bonds is 2. The molecular formula is C15H20N4O4. The van der Waals surface area contributed by atoms with Crippen molar-refractivity contribution >= 4 is 12.0 Å². The van der Waals surface area contributed by atoms with Crippen molar-refractivity contribution in [2.75, 3.05) is 20.1 Å². The van der Waals surface area contributed by atoms with Crippen LogP contribution in [0.3, 0.4) is 0 Å². The SMILES string of the molecule is C=CC(O)C1CN(C)C(=O)c2c3c(nn2C1)CCN(C(=O)O)C3. The molecule has 2 aliphatic rings. The third kappa shape index (κ3) is 2.59. The van der Waals surface area contributed by atoms with Crippen molar-refractivity contribution in [3.63, 3.8) is 0 Å². The molecule has 0 aromatic carbocycles. The Kier molecular flexibility index (Phi) is 3.85. The number of carbonyl (C=O) groups is 2. The molecule has 3 rings (SSSR count). The van der Waals surface area contributed by atoms with E-state index in [2.05, 4.69) is 11.7 Å². The molecule has 2 aliphatic heterocycles. The van der Waals surface area contributed by atoms with E-state index < -0.39 is 12.2 Å². The minimum Gasteiger partial charge on any atom is -0.465 e. The summed E-state index contributed by atoms with van der Waals surface area (Å²) in [5.74, 6) is -0.385. The van der Waals surface area contributed by atoms with E-state index >= 15 is 0 Å². The second-order valence-electron chi connectivity index (χ2n) is 6.08. The Bertz CT molecular complexity index is 669. The molecule has 2 unspecified atom stereocenters. The van der Waals surface area contributed by atoms with Gasteiger partial charge in [0.05, 0.1) is 18.3 Å².